The number of ether oxygens (including phenoxy) is 1. The van der Waals surface area contributed by atoms with Crippen molar-refractivity contribution in [2.75, 3.05) is 13.2 Å². The Morgan fingerprint density at radius 3 is 2.32 bits per heavy atom. The molecule has 0 aromatic heterocycles. The Morgan fingerprint density at radius 2 is 1.76 bits per heavy atom. The lowest BCUT2D eigenvalue weighted by Crippen LogP contribution is -2.17. The van der Waals surface area contributed by atoms with Crippen LogP contribution < -0.4 is 15.2 Å². The molecule has 0 aliphatic rings. The molecule has 0 amide bonds. The van der Waals surface area contributed by atoms with Crippen LogP contribution in [0.1, 0.15) is 18.1 Å². The van der Waals surface area contributed by atoms with E-state index >= 15 is 0 Å². The highest BCUT2D eigenvalue weighted by Gasteiger charge is 2.06. The maximum Gasteiger partial charge on any atom is 0.238 e. The predicted molar refractivity (Wildman–Crippen MR) is 103 cm³/mol. The predicted octanol–water partition coefficient (Wildman–Crippen LogP) is 3.14. The van der Waals surface area contributed by atoms with Crippen molar-refractivity contribution in [3.63, 3.8) is 0 Å². The first-order valence-electron chi connectivity index (χ1n) is 7.64. The van der Waals surface area contributed by atoms with Crippen LogP contribution in [0.3, 0.4) is 0 Å². The van der Waals surface area contributed by atoms with Crippen LogP contribution in [-0.4, -0.2) is 21.6 Å². The monoisotopic (exact) mass is 404 g/mol. The van der Waals surface area contributed by atoms with Crippen LogP contribution in [0.5, 0.6) is 5.75 Å². The van der Waals surface area contributed by atoms with Gasteiger partial charge in [0, 0.05) is 6.54 Å². The van der Waals surface area contributed by atoms with Crippen molar-refractivity contribution in [3.05, 3.63) is 58.6 Å². The summed E-state index contributed by atoms with van der Waals surface area (Å²) in [6.07, 6.45) is 0.787. The highest BCUT2D eigenvalue weighted by atomic mass is 35.5. The normalized spacial score (nSPS) is 11.0. The van der Waals surface area contributed by atoms with Gasteiger partial charge in [0.15, 0.2) is 0 Å². The molecule has 0 bridgehead atoms. The fourth-order valence-corrected chi connectivity index (χ4v) is 3.01. The van der Waals surface area contributed by atoms with Crippen LogP contribution in [0, 0.1) is 0 Å². The number of nitrogens with one attached hydrogen (secondary N) is 1. The van der Waals surface area contributed by atoms with Gasteiger partial charge in [0.05, 0.1) is 16.5 Å². The SMILES string of the molecule is CCOc1ccc(CNCCc2ccc(S(N)(=O)=O)cc2)cc1Cl.Cl. The lowest BCUT2D eigenvalue weighted by Gasteiger charge is -2.09. The molecule has 2 aromatic carbocycles. The van der Waals surface area contributed by atoms with Crippen LogP contribution in [0.15, 0.2) is 47.4 Å². The molecule has 0 atom stereocenters. The molecule has 2 aromatic rings. The summed E-state index contributed by atoms with van der Waals surface area (Å²) in [5, 5.41) is 9.01. The summed E-state index contributed by atoms with van der Waals surface area (Å²) < 4.78 is 27.8. The summed E-state index contributed by atoms with van der Waals surface area (Å²) in [5.74, 6) is 0.692. The summed E-state index contributed by atoms with van der Waals surface area (Å²) >= 11 is 6.16. The largest absolute Gasteiger partial charge is 0.492 e. The molecule has 0 aliphatic heterocycles. The number of benzene rings is 2. The second-order valence-electron chi connectivity index (χ2n) is 5.31. The Morgan fingerprint density at radius 1 is 1.12 bits per heavy atom. The second-order valence-corrected chi connectivity index (χ2v) is 7.28. The molecule has 8 heteroatoms. The number of sulfonamides is 1. The molecule has 0 spiro atoms. The number of hydrogen-bond donors (Lipinski definition) is 2. The molecule has 25 heavy (non-hydrogen) atoms. The van der Waals surface area contributed by atoms with Crippen molar-refractivity contribution in [2.24, 2.45) is 5.14 Å². The van der Waals surface area contributed by atoms with Gasteiger partial charge in [0.2, 0.25) is 10.0 Å². The average Bonchev–Trinajstić information content (AvgIpc) is 2.54. The van der Waals surface area contributed by atoms with Crippen LogP contribution in [0.25, 0.3) is 0 Å². The van der Waals surface area contributed by atoms with Crippen molar-refractivity contribution in [1.29, 1.82) is 0 Å². The van der Waals surface area contributed by atoms with E-state index in [9.17, 15) is 8.42 Å². The van der Waals surface area contributed by atoms with Gasteiger partial charge in [-0.3, -0.25) is 0 Å². The maximum atomic E-state index is 11.2. The van der Waals surface area contributed by atoms with Crippen LogP contribution >= 0.6 is 24.0 Å². The van der Waals surface area contributed by atoms with Crippen LogP contribution in [-0.2, 0) is 23.0 Å². The first kappa shape index (κ1) is 21.7. The summed E-state index contributed by atoms with van der Waals surface area (Å²) in [6, 6.07) is 12.3. The minimum atomic E-state index is -3.63. The fraction of sp³-hybridized carbons (Fsp3) is 0.294. The van der Waals surface area contributed by atoms with Gasteiger partial charge in [-0.1, -0.05) is 29.8 Å². The quantitative estimate of drug-likeness (QED) is 0.662. The lowest BCUT2D eigenvalue weighted by atomic mass is 10.1. The molecule has 0 fully saturated rings. The maximum absolute atomic E-state index is 11.2. The zero-order chi connectivity index (χ0) is 17.6. The lowest BCUT2D eigenvalue weighted by molar-refractivity contribution is 0.340. The van der Waals surface area contributed by atoms with Crippen molar-refractivity contribution >= 4 is 34.0 Å². The molecule has 2 rings (SSSR count). The second kappa shape index (κ2) is 9.99. The van der Waals surface area contributed by atoms with Gasteiger partial charge in [-0.25, -0.2) is 13.6 Å². The molecule has 0 saturated carbocycles. The van der Waals surface area contributed by atoms with Crippen LogP contribution in [0.4, 0.5) is 0 Å². The Hall–Kier alpha value is -1.31. The summed E-state index contributed by atoms with van der Waals surface area (Å²) in [7, 11) is -3.63. The Balaban J connectivity index is 0.00000312. The first-order chi connectivity index (χ1) is 11.4. The number of rotatable bonds is 8. The Kier molecular flexibility index (Phi) is 8.68. The Bertz CT molecular complexity index is 781. The molecule has 138 valence electrons. The van der Waals surface area contributed by atoms with Crippen LogP contribution in [0.2, 0.25) is 5.02 Å². The Labute approximate surface area is 160 Å². The van der Waals surface area contributed by atoms with Gasteiger partial charge in [0.25, 0.3) is 0 Å². The number of hydrogen-bond acceptors (Lipinski definition) is 4. The van der Waals surface area contributed by atoms with E-state index in [1.165, 1.54) is 12.1 Å². The number of halogens is 2. The van der Waals surface area contributed by atoms with Crippen molar-refractivity contribution < 1.29 is 13.2 Å². The zero-order valence-corrected chi connectivity index (χ0v) is 16.3. The van der Waals surface area contributed by atoms with Gasteiger partial charge in [-0.15, -0.1) is 12.4 Å². The molecule has 0 saturated heterocycles. The van der Waals surface area contributed by atoms with Gasteiger partial charge in [-0.05, 0) is 55.3 Å². The van der Waals surface area contributed by atoms with E-state index in [0.717, 1.165) is 24.1 Å². The fourth-order valence-electron chi connectivity index (χ4n) is 2.24. The van der Waals surface area contributed by atoms with Gasteiger partial charge < -0.3 is 10.1 Å². The highest BCUT2D eigenvalue weighted by molar-refractivity contribution is 7.89. The van der Waals surface area contributed by atoms with Gasteiger partial charge >= 0.3 is 0 Å². The number of nitrogens with two attached hydrogens (primary N) is 1. The third-order valence-electron chi connectivity index (χ3n) is 3.47. The molecule has 3 N–H and O–H groups in total. The molecule has 0 heterocycles. The van der Waals surface area contributed by atoms with E-state index in [4.69, 9.17) is 21.5 Å². The van der Waals surface area contributed by atoms with E-state index in [0.29, 0.717) is 23.9 Å². The van der Waals surface area contributed by atoms with Crippen molar-refractivity contribution in [3.8, 4) is 5.75 Å². The first-order valence-corrected chi connectivity index (χ1v) is 9.56. The minimum absolute atomic E-state index is 0. The molecular formula is C17H22Cl2N2O3S. The zero-order valence-electron chi connectivity index (χ0n) is 13.9. The van der Waals surface area contributed by atoms with Gasteiger partial charge in [-0.2, -0.15) is 0 Å². The smallest absolute Gasteiger partial charge is 0.238 e. The van der Waals surface area contributed by atoms with E-state index in [1.807, 2.05) is 25.1 Å². The molecular weight excluding hydrogens is 383 g/mol. The standard InChI is InChI=1S/C17H21ClN2O3S.ClH/c1-2-23-17-8-5-14(11-16(17)18)12-20-10-9-13-3-6-15(7-4-13)24(19,21)22;/h3-8,11,20H,2,9-10,12H2,1H3,(H2,19,21,22);1H. The van der Waals surface area contributed by atoms with E-state index < -0.39 is 10.0 Å². The molecule has 0 unspecified atom stereocenters. The summed E-state index contributed by atoms with van der Waals surface area (Å²) in [6.45, 7) is 3.96. The van der Waals surface area contributed by atoms with Crippen molar-refractivity contribution in [2.45, 2.75) is 24.8 Å². The van der Waals surface area contributed by atoms with Crippen molar-refractivity contribution in [1.82, 2.24) is 5.32 Å². The molecule has 5 nitrogen and oxygen atoms in total. The van der Waals surface area contributed by atoms with E-state index in [-0.39, 0.29) is 17.3 Å². The summed E-state index contributed by atoms with van der Waals surface area (Å²) in [4.78, 5) is 0.128. The molecule has 0 radical (unpaired) electrons. The third kappa shape index (κ3) is 6.84. The number of primary sulfonamides is 1. The summed E-state index contributed by atoms with van der Waals surface area (Å²) in [5.41, 5.74) is 2.12. The molecule has 0 aliphatic carbocycles. The van der Waals surface area contributed by atoms with E-state index in [1.54, 1.807) is 12.1 Å². The highest BCUT2D eigenvalue weighted by Crippen LogP contribution is 2.25. The average molecular weight is 405 g/mol. The van der Waals surface area contributed by atoms with E-state index in [2.05, 4.69) is 5.32 Å². The third-order valence-corrected chi connectivity index (χ3v) is 4.69. The minimum Gasteiger partial charge on any atom is -0.492 e. The van der Waals surface area contributed by atoms with Gasteiger partial charge in [0.1, 0.15) is 5.75 Å². The topological polar surface area (TPSA) is 81.4 Å².